The number of β-lactam (4-membered cyclic amide) rings is 1. The molecule has 1 aliphatic rings. The SMILES string of the molecule is CC(=O)OCC#CCC[C@H]1NC(=O)[C@@H]1[C@@H](C)O[Si](C)(C)C(C)(C)C. The van der Waals surface area contributed by atoms with Gasteiger partial charge in [0.05, 0.1) is 12.0 Å². The molecule has 0 aromatic rings. The topological polar surface area (TPSA) is 64.6 Å². The van der Waals surface area contributed by atoms with Crippen LogP contribution in [0, 0.1) is 17.8 Å². The Morgan fingerprint density at radius 1 is 1.33 bits per heavy atom. The van der Waals surface area contributed by atoms with Crippen LogP contribution in [-0.2, 0) is 18.8 Å². The van der Waals surface area contributed by atoms with Gasteiger partial charge in [-0.15, -0.1) is 0 Å². The smallest absolute Gasteiger partial charge is 0.303 e. The minimum absolute atomic E-state index is 0.0686. The summed E-state index contributed by atoms with van der Waals surface area (Å²) in [5.41, 5.74) is 0. The van der Waals surface area contributed by atoms with Gasteiger partial charge >= 0.3 is 5.97 Å². The zero-order valence-electron chi connectivity index (χ0n) is 16.0. The largest absolute Gasteiger partial charge is 0.453 e. The lowest BCUT2D eigenvalue weighted by Gasteiger charge is -2.45. The predicted molar refractivity (Wildman–Crippen MR) is 96.8 cm³/mol. The molecule has 6 heteroatoms. The van der Waals surface area contributed by atoms with E-state index in [9.17, 15) is 9.59 Å². The molecule has 0 unspecified atom stereocenters. The van der Waals surface area contributed by atoms with Crippen LogP contribution in [0.25, 0.3) is 0 Å². The molecule has 0 radical (unpaired) electrons. The summed E-state index contributed by atoms with van der Waals surface area (Å²) in [4.78, 5) is 22.6. The lowest BCUT2D eigenvalue weighted by molar-refractivity contribution is -0.140. The zero-order chi connectivity index (χ0) is 18.5. The van der Waals surface area contributed by atoms with Crippen LogP contribution in [-0.4, -0.2) is 38.9 Å². The first-order valence-electron chi connectivity index (χ1n) is 8.53. The highest BCUT2D eigenvalue weighted by atomic mass is 28.4. The first-order valence-corrected chi connectivity index (χ1v) is 11.4. The fourth-order valence-electron chi connectivity index (χ4n) is 2.47. The molecule has 1 amide bonds. The maximum atomic E-state index is 12.0. The van der Waals surface area contributed by atoms with Crippen molar-refractivity contribution >= 4 is 20.2 Å². The van der Waals surface area contributed by atoms with Gasteiger partial charge in [-0.25, -0.2) is 0 Å². The summed E-state index contributed by atoms with van der Waals surface area (Å²) in [5.74, 6) is 5.42. The Morgan fingerprint density at radius 3 is 2.46 bits per heavy atom. The average Bonchev–Trinajstić information content (AvgIpc) is 2.38. The molecular weight excluding hydrogens is 322 g/mol. The molecule has 0 aromatic heterocycles. The van der Waals surface area contributed by atoms with Crippen LogP contribution in [0.2, 0.25) is 18.1 Å². The highest BCUT2D eigenvalue weighted by Crippen LogP contribution is 2.39. The zero-order valence-corrected chi connectivity index (χ0v) is 17.0. The summed E-state index contributed by atoms with van der Waals surface area (Å²) in [6, 6.07) is 0.111. The number of esters is 1. The maximum Gasteiger partial charge on any atom is 0.303 e. The van der Waals surface area contributed by atoms with Crippen molar-refractivity contribution in [3.63, 3.8) is 0 Å². The second-order valence-corrected chi connectivity index (χ2v) is 12.7. The van der Waals surface area contributed by atoms with Crippen molar-refractivity contribution < 1.29 is 18.8 Å². The molecule has 1 rings (SSSR count). The van der Waals surface area contributed by atoms with Gasteiger partial charge in [0, 0.05) is 19.4 Å². The number of carbonyl (C=O) groups is 2. The van der Waals surface area contributed by atoms with E-state index in [4.69, 9.17) is 9.16 Å². The van der Waals surface area contributed by atoms with Gasteiger partial charge in [-0.3, -0.25) is 9.59 Å². The molecule has 0 spiro atoms. The van der Waals surface area contributed by atoms with Gasteiger partial charge in [-0.1, -0.05) is 32.6 Å². The minimum Gasteiger partial charge on any atom is -0.453 e. The van der Waals surface area contributed by atoms with Crippen molar-refractivity contribution in [2.24, 2.45) is 5.92 Å². The molecule has 0 bridgehead atoms. The number of hydrogen-bond acceptors (Lipinski definition) is 4. The monoisotopic (exact) mass is 353 g/mol. The Morgan fingerprint density at radius 2 is 1.96 bits per heavy atom. The van der Waals surface area contributed by atoms with Crippen molar-refractivity contribution in [3.8, 4) is 11.8 Å². The molecule has 24 heavy (non-hydrogen) atoms. The molecule has 3 atom stereocenters. The van der Waals surface area contributed by atoms with E-state index in [1.54, 1.807) is 0 Å². The Labute approximate surface area is 147 Å². The summed E-state index contributed by atoms with van der Waals surface area (Å²) in [6.45, 7) is 14.5. The van der Waals surface area contributed by atoms with E-state index in [0.717, 1.165) is 6.42 Å². The quantitative estimate of drug-likeness (QED) is 0.345. The van der Waals surface area contributed by atoms with E-state index < -0.39 is 8.32 Å². The first kappa shape index (κ1) is 20.7. The molecule has 5 nitrogen and oxygen atoms in total. The van der Waals surface area contributed by atoms with Crippen LogP contribution >= 0.6 is 0 Å². The van der Waals surface area contributed by atoms with Crippen LogP contribution in [0.15, 0.2) is 0 Å². The first-order chi connectivity index (χ1) is 11.0. The second-order valence-electron chi connectivity index (χ2n) is 7.90. The lowest BCUT2D eigenvalue weighted by atomic mass is 9.83. The number of carbonyl (C=O) groups excluding carboxylic acids is 2. The predicted octanol–water partition coefficient (Wildman–Crippen LogP) is 2.86. The fraction of sp³-hybridized carbons (Fsp3) is 0.778. The Bertz CT molecular complexity index is 527. The van der Waals surface area contributed by atoms with Crippen molar-refractivity contribution in [2.45, 2.75) is 77.7 Å². The lowest BCUT2D eigenvalue weighted by Crippen LogP contribution is -2.63. The third-order valence-corrected chi connectivity index (χ3v) is 9.48. The Balaban J connectivity index is 2.49. The van der Waals surface area contributed by atoms with E-state index >= 15 is 0 Å². The Kier molecular flexibility index (Phi) is 7.06. The van der Waals surface area contributed by atoms with E-state index in [1.165, 1.54) is 6.92 Å². The van der Waals surface area contributed by atoms with Crippen molar-refractivity contribution in [1.29, 1.82) is 0 Å². The molecular formula is C18H31NO4Si. The molecule has 1 aliphatic heterocycles. The average molecular weight is 354 g/mol. The number of rotatable bonds is 6. The fourth-order valence-corrected chi connectivity index (χ4v) is 3.90. The summed E-state index contributed by atoms with van der Waals surface area (Å²) >= 11 is 0. The molecule has 0 aliphatic carbocycles. The number of hydrogen-bond donors (Lipinski definition) is 1. The number of amides is 1. The molecule has 0 saturated carbocycles. The van der Waals surface area contributed by atoms with Crippen LogP contribution < -0.4 is 5.32 Å². The molecule has 1 heterocycles. The Hall–Kier alpha value is -1.32. The highest BCUT2D eigenvalue weighted by molar-refractivity contribution is 6.74. The standard InChI is InChI=1S/C18H31NO4Si/c1-13(23-24(6,7)18(3,4)5)16-15(19-17(16)21)11-9-8-10-12-22-14(2)20/h13,15-16H,9,11-12H2,1-7H3,(H,19,21)/t13-,15-,16-/m1/s1. The van der Waals surface area contributed by atoms with E-state index in [1.807, 2.05) is 6.92 Å². The van der Waals surface area contributed by atoms with E-state index in [2.05, 4.69) is 51.0 Å². The number of ether oxygens (including phenoxy) is 1. The second kappa shape index (κ2) is 8.17. The maximum absolute atomic E-state index is 12.0. The molecule has 136 valence electrons. The van der Waals surface area contributed by atoms with Crippen LogP contribution in [0.4, 0.5) is 0 Å². The van der Waals surface area contributed by atoms with Crippen LogP contribution in [0.5, 0.6) is 0 Å². The molecule has 1 N–H and O–H groups in total. The highest BCUT2D eigenvalue weighted by Gasteiger charge is 2.46. The van der Waals surface area contributed by atoms with Crippen molar-refractivity contribution in [1.82, 2.24) is 5.32 Å². The number of nitrogens with one attached hydrogen (secondary N) is 1. The van der Waals surface area contributed by atoms with Crippen molar-refractivity contribution in [2.75, 3.05) is 6.61 Å². The summed E-state index contributed by atoms with van der Waals surface area (Å²) in [6.07, 6.45) is 1.36. The third kappa shape index (κ3) is 5.64. The van der Waals surface area contributed by atoms with Gasteiger partial charge in [0.1, 0.15) is 0 Å². The van der Waals surface area contributed by atoms with Gasteiger partial charge in [0.25, 0.3) is 0 Å². The third-order valence-electron chi connectivity index (χ3n) is 4.91. The van der Waals surface area contributed by atoms with Crippen molar-refractivity contribution in [3.05, 3.63) is 0 Å². The van der Waals surface area contributed by atoms with Gasteiger partial charge in [-0.05, 0) is 31.5 Å². The molecule has 1 saturated heterocycles. The van der Waals surface area contributed by atoms with Gasteiger partial charge in [0.15, 0.2) is 14.9 Å². The van der Waals surface area contributed by atoms with E-state index in [0.29, 0.717) is 6.42 Å². The van der Waals surface area contributed by atoms with Gasteiger partial charge < -0.3 is 14.5 Å². The molecule has 1 fully saturated rings. The normalized spacial score (nSPS) is 21.9. The van der Waals surface area contributed by atoms with Gasteiger partial charge in [0.2, 0.25) is 5.91 Å². The molecule has 0 aromatic carbocycles. The van der Waals surface area contributed by atoms with E-state index in [-0.39, 0.29) is 41.6 Å². The summed E-state index contributed by atoms with van der Waals surface area (Å²) in [5, 5.41) is 3.07. The minimum atomic E-state index is -1.89. The summed E-state index contributed by atoms with van der Waals surface area (Å²) < 4.78 is 11.1. The summed E-state index contributed by atoms with van der Waals surface area (Å²) in [7, 11) is -1.89. The van der Waals surface area contributed by atoms with Crippen LogP contribution in [0.3, 0.4) is 0 Å². The van der Waals surface area contributed by atoms with Crippen LogP contribution in [0.1, 0.15) is 47.5 Å². The van der Waals surface area contributed by atoms with Gasteiger partial charge in [-0.2, -0.15) is 0 Å².